The summed E-state index contributed by atoms with van der Waals surface area (Å²) in [4.78, 5) is 12.7. The molecule has 2 aromatic carbocycles. The van der Waals surface area contributed by atoms with E-state index in [1.165, 1.54) is 89.9 Å². The molecule has 1 heterocycles. The number of hydrogen-bond donors (Lipinski definition) is 0. The summed E-state index contributed by atoms with van der Waals surface area (Å²) >= 11 is 3.53. The fourth-order valence-electron chi connectivity index (χ4n) is 5.28. The quantitative estimate of drug-likeness (QED) is 0.0724. The molecule has 0 saturated carbocycles. The molecule has 43 heavy (non-hydrogen) atoms. The second-order valence-electron chi connectivity index (χ2n) is 11.4. The number of alkyl halides is 1. The van der Waals surface area contributed by atoms with E-state index in [1.54, 1.807) is 6.07 Å². The molecule has 0 aliphatic heterocycles. The molecule has 0 fully saturated rings. The van der Waals surface area contributed by atoms with Gasteiger partial charge in [0.05, 0.1) is 12.8 Å². The lowest BCUT2D eigenvalue weighted by Crippen LogP contribution is -2.14. The number of pyridine rings is 1. The Morgan fingerprint density at radius 2 is 1.21 bits per heavy atom. The Morgan fingerprint density at radius 3 is 1.74 bits per heavy atom. The van der Waals surface area contributed by atoms with Crippen molar-refractivity contribution in [3.63, 3.8) is 0 Å². The predicted octanol–water partition coefficient (Wildman–Crippen LogP) is 11.5. The van der Waals surface area contributed by atoms with Gasteiger partial charge in [0.15, 0.2) is 5.75 Å². The maximum Gasteiger partial charge on any atom is 0.223 e. The number of aromatic nitrogens is 1. The van der Waals surface area contributed by atoms with Gasteiger partial charge in [0.25, 0.3) is 0 Å². The van der Waals surface area contributed by atoms with Crippen LogP contribution in [0.1, 0.15) is 121 Å². The van der Waals surface area contributed by atoms with Crippen molar-refractivity contribution in [3.05, 3.63) is 88.3 Å². The largest absolute Gasteiger partial charge is 0.489 e. The van der Waals surface area contributed by atoms with E-state index in [0.29, 0.717) is 24.3 Å². The van der Waals surface area contributed by atoms with Crippen molar-refractivity contribution in [1.82, 2.24) is 4.57 Å². The van der Waals surface area contributed by atoms with Gasteiger partial charge in [-0.1, -0.05) is 149 Å². The first-order valence-electron chi connectivity index (χ1n) is 16.4. The molecule has 0 N–H and O–H groups in total. The van der Waals surface area contributed by atoms with Gasteiger partial charge in [-0.25, -0.2) is 0 Å². The molecule has 0 spiro atoms. The second-order valence-corrected chi connectivity index (χ2v) is 12.0. The summed E-state index contributed by atoms with van der Waals surface area (Å²) in [5, 5.41) is 0.577. The lowest BCUT2D eigenvalue weighted by molar-refractivity contribution is 0.299. The maximum absolute atomic E-state index is 12.7. The number of nitrogens with zero attached hydrogens (tertiary/aromatic N) is 1. The molecule has 6 heteroatoms. The highest BCUT2D eigenvalue weighted by atomic mass is 79.9. The molecule has 0 amide bonds. The van der Waals surface area contributed by atoms with Gasteiger partial charge in [-0.3, -0.25) is 4.79 Å². The number of rotatable bonds is 23. The summed E-state index contributed by atoms with van der Waals surface area (Å²) < 4.78 is 13.9. The van der Waals surface area contributed by atoms with Gasteiger partial charge in [-0.2, -0.15) is 0 Å². The molecular formula is C37H53Br2NO3. The van der Waals surface area contributed by atoms with E-state index in [0.717, 1.165) is 35.5 Å². The Bertz CT molecular complexity index is 1160. The van der Waals surface area contributed by atoms with Gasteiger partial charge in [-0.05, 0) is 36.2 Å². The first-order valence-corrected chi connectivity index (χ1v) is 17.5. The van der Waals surface area contributed by atoms with Crippen LogP contribution >= 0.6 is 32.9 Å². The van der Waals surface area contributed by atoms with Crippen LogP contribution in [-0.2, 0) is 11.9 Å². The van der Waals surface area contributed by atoms with E-state index < -0.39 is 0 Å². The Balaban J connectivity index is 0.00000645. The van der Waals surface area contributed by atoms with Crippen molar-refractivity contribution in [3.8, 4) is 17.2 Å². The van der Waals surface area contributed by atoms with Crippen molar-refractivity contribution < 1.29 is 9.47 Å². The minimum atomic E-state index is -0.0694. The molecule has 238 valence electrons. The topological polar surface area (TPSA) is 40.5 Å². The average molecular weight is 720 g/mol. The standard InChI is InChI=1S/C37H52BrNO3.BrH/c1-2-3-4-5-6-7-8-9-10-11-12-13-14-15-16-20-27-41-37-30-39(34(29-38)28-36(37)40)33-23-25-35(26-24-33)42-31-32-21-18-17-19-22-32;/h17-19,21-26,28,30H,2-16,20,27,29,31H2,1H3;1H. The van der Waals surface area contributed by atoms with Gasteiger partial charge in [0.1, 0.15) is 12.4 Å². The van der Waals surface area contributed by atoms with Crippen LogP contribution in [0.4, 0.5) is 0 Å². The van der Waals surface area contributed by atoms with Crippen LogP contribution in [0.25, 0.3) is 5.69 Å². The van der Waals surface area contributed by atoms with Crippen LogP contribution in [0.15, 0.2) is 71.7 Å². The zero-order valence-corrected chi connectivity index (χ0v) is 29.5. The summed E-state index contributed by atoms with van der Waals surface area (Å²) in [6, 6.07) is 19.8. The fraction of sp³-hybridized carbons (Fsp3) is 0.541. The Kier molecular flexibility index (Phi) is 20.2. The first-order chi connectivity index (χ1) is 20.7. The summed E-state index contributed by atoms with van der Waals surface area (Å²) in [6.45, 7) is 3.39. The molecule has 3 rings (SSSR count). The average Bonchev–Trinajstić information content (AvgIpc) is 3.02. The van der Waals surface area contributed by atoms with Crippen LogP contribution in [-0.4, -0.2) is 11.2 Å². The number of halogens is 2. The Hall–Kier alpha value is -2.05. The molecule has 1 aromatic heterocycles. The van der Waals surface area contributed by atoms with Crippen molar-refractivity contribution in [1.29, 1.82) is 0 Å². The van der Waals surface area contributed by atoms with Crippen molar-refractivity contribution in [2.24, 2.45) is 0 Å². The first kappa shape index (κ1) is 37.1. The zero-order chi connectivity index (χ0) is 29.7. The predicted molar refractivity (Wildman–Crippen MR) is 191 cm³/mol. The monoisotopic (exact) mass is 717 g/mol. The van der Waals surface area contributed by atoms with E-state index in [4.69, 9.17) is 9.47 Å². The molecule has 0 unspecified atom stereocenters. The third-order valence-corrected chi connectivity index (χ3v) is 8.43. The van der Waals surface area contributed by atoms with Crippen molar-refractivity contribution in [2.75, 3.05) is 6.61 Å². The van der Waals surface area contributed by atoms with Crippen LogP contribution in [0, 0.1) is 0 Å². The van der Waals surface area contributed by atoms with Crippen LogP contribution in [0.5, 0.6) is 11.5 Å². The number of unbranched alkanes of at least 4 members (excludes halogenated alkanes) is 15. The maximum atomic E-state index is 12.7. The van der Waals surface area contributed by atoms with E-state index in [1.807, 2.05) is 53.2 Å². The summed E-state index contributed by atoms with van der Waals surface area (Å²) in [5.74, 6) is 1.22. The lowest BCUT2D eigenvalue weighted by Gasteiger charge is -2.15. The van der Waals surface area contributed by atoms with Crippen LogP contribution in [0.2, 0.25) is 0 Å². The highest BCUT2D eigenvalue weighted by molar-refractivity contribution is 9.08. The molecule has 3 aromatic rings. The van der Waals surface area contributed by atoms with Gasteiger partial charge >= 0.3 is 0 Å². The fourth-order valence-corrected chi connectivity index (χ4v) is 5.72. The Morgan fingerprint density at radius 1 is 0.674 bits per heavy atom. The third-order valence-electron chi connectivity index (χ3n) is 7.85. The lowest BCUT2D eigenvalue weighted by atomic mass is 10.0. The van der Waals surface area contributed by atoms with Gasteiger partial charge in [0, 0.05) is 22.8 Å². The molecule has 0 aliphatic rings. The van der Waals surface area contributed by atoms with Gasteiger partial charge in [0.2, 0.25) is 5.43 Å². The normalized spacial score (nSPS) is 10.8. The minimum absolute atomic E-state index is 0. The van der Waals surface area contributed by atoms with Crippen LogP contribution in [0.3, 0.4) is 0 Å². The molecule has 0 bridgehead atoms. The number of ether oxygens (including phenoxy) is 2. The molecular weight excluding hydrogens is 666 g/mol. The Labute approximate surface area is 279 Å². The number of hydrogen-bond acceptors (Lipinski definition) is 3. The zero-order valence-electron chi connectivity index (χ0n) is 26.2. The SMILES string of the molecule is Br.CCCCCCCCCCCCCCCCCCOc1cn(-c2ccc(OCc3ccccc3)cc2)c(CBr)cc1=O. The van der Waals surface area contributed by atoms with Gasteiger partial charge < -0.3 is 14.0 Å². The third kappa shape index (κ3) is 15.0. The molecule has 0 aliphatic carbocycles. The van der Waals surface area contributed by atoms with Crippen molar-refractivity contribution >= 4 is 32.9 Å². The molecule has 0 atom stereocenters. The van der Waals surface area contributed by atoms with Gasteiger partial charge in [-0.15, -0.1) is 17.0 Å². The molecule has 4 nitrogen and oxygen atoms in total. The van der Waals surface area contributed by atoms with E-state index in [9.17, 15) is 4.79 Å². The van der Waals surface area contributed by atoms with E-state index in [-0.39, 0.29) is 22.4 Å². The summed E-state index contributed by atoms with van der Waals surface area (Å²) in [5.41, 5.74) is 2.91. The van der Waals surface area contributed by atoms with Crippen molar-refractivity contribution in [2.45, 2.75) is 122 Å². The van der Waals surface area contributed by atoms with E-state index >= 15 is 0 Å². The highest BCUT2D eigenvalue weighted by Crippen LogP contribution is 2.21. The highest BCUT2D eigenvalue weighted by Gasteiger charge is 2.09. The second kappa shape index (κ2) is 23.3. The molecule has 0 saturated heterocycles. The smallest absolute Gasteiger partial charge is 0.223 e. The summed E-state index contributed by atoms with van der Waals surface area (Å²) in [6.07, 6.45) is 23.3. The number of benzene rings is 2. The summed E-state index contributed by atoms with van der Waals surface area (Å²) in [7, 11) is 0. The minimum Gasteiger partial charge on any atom is -0.489 e. The molecule has 0 radical (unpaired) electrons. The van der Waals surface area contributed by atoms with E-state index in [2.05, 4.69) is 35.0 Å². The van der Waals surface area contributed by atoms with Crippen LogP contribution < -0.4 is 14.9 Å².